The van der Waals surface area contributed by atoms with Crippen molar-refractivity contribution in [2.45, 2.75) is 76.3 Å². The minimum atomic E-state index is 0.236. The number of nitrogens with zero attached hydrogens (tertiary/aromatic N) is 2. The fourth-order valence-electron chi connectivity index (χ4n) is 3.75. The molecule has 2 rings (SSSR count). The molecule has 2 saturated carbocycles. The molecule has 0 saturated heterocycles. The van der Waals surface area contributed by atoms with Gasteiger partial charge in [-0.3, -0.25) is 0 Å². The van der Waals surface area contributed by atoms with Gasteiger partial charge in [0.05, 0.1) is 12.1 Å². The van der Waals surface area contributed by atoms with Crippen LogP contribution in [-0.2, 0) is 9.59 Å². The van der Waals surface area contributed by atoms with Gasteiger partial charge in [-0.2, -0.15) is 0 Å². The van der Waals surface area contributed by atoms with Crippen molar-refractivity contribution >= 4 is 12.2 Å². The number of hydrogen-bond acceptors (Lipinski definition) is 4. The molecule has 0 unspecified atom stereocenters. The SMILES string of the molecule is O=C=NC1CCC(CCC2CCC(N=C=O)CC2)CC1. The van der Waals surface area contributed by atoms with Gasteiger partial charge >= 0.3 is 0 Å². The van der Waals surface area contributed by atoms with Crippen molar-refractivity contribution in [3.63, 3.8) is 0 Å². The normalized spacial score (nSPS) is 33.8. The third-order valence-corrected chi connectivity index (χ3v) is 5.09. The molecular weight excluding hydrogens is 252 g/mol. The predicted octanol–water partition coefficient (Wildman–Crippen LogP) is 3.56. The zero-order chi connectivity index (χ0) is 14.2. The van der Waals surface area contributed by atoms with Crippen LogP contribution in [-0.4, -0.2) is 24.2 Å². The summed E-state index contributed by atoms with van der Waals surface area (Å²) in [5.41, 5.74) is 0. The first kappa shape index (κ1) is 15.2. The van der Waals surface area contributed by atoms with E-state index in [9.17, 15) is 9.59 Å². The van der Waals surface area contributed by atoms with Gasteiger partial charge < -0.3 is 0 Å². The average molecular weight is 276 g/mol. The Morgan fingerprint density at radius 3 is 1.30 bits per heavy atom. The van der Waals surface area contributed by atoms with E-state index in [0.717, 1.165) is 37.5 Å². The summed E-state index contributed by atoms with van der Waals surface area (Å²) in [5.74, 6) is 1.64. The Bertz CT molecular complexity index is 343. The Kier molecular flexibility index (Phi) is 6.17. The lowest BCUT2D eigenvalue weighted by atomic mass is 9.78. The molecule has 0 aliphatic heterocycles. The first-order chi connectivity index (χ1) is 9.81. The molecule has 110 valence electrons. The van der Waals surface area contributed by atoms with Crippen molar-refractivity contribution in [2.24, 2.45) is 21.8 Å². The molecule has 0 spiro atoms. The van der Waals surface area contributed by atoms with Gasteiger partial charge in [0.25, 0.3) is 0 Å². The summed E-state index contributed by atoms with van der Waals surface area (Å²) in [7, 11) is 0. The minimum Gasteiger partial charge on any atom is -0.211 e. The Balaban J connectivity index is 1.62. The van der Waals surface area contributed by atoms with E-state index in [1.807, 2.05) is 0 Å². The van der Waals surface area contributed by atoms with Crippen molar-refractivity contribution < 1.29 is 9.59 Å². The Hall–Kier alpha value is -1.24. The maximum absolute atomic E-state index is 10.2. The van der Waals surface area contributed by atoms with Crippen molar-refractivity contribution in [3.05, 3.63) is 0 Å². The zero-order valence-electron chi connectivity index (χ0n) is 12.1. The first-order valence-electron chi connectivity index (χ1n) is 7.95. The summed E-state index contributed by atoms with van der Waals surface area (Å²) < 4.78 is 0. The number of hydrogen-bond donors (Lipinski definition) is 0. The van der Waals surface area contributed by atoms with Gasteiger partial charge in [0, 0.05) is 0 Å². The van der Waals surface area contributed by atoms with Crippen LogP contribution in [0.5, 0.6) is 0 Å². The second kappa shape index (κ2) is 8.14. The van der Waals surface area contributed by atoms with Crippen LogP contribution in [0.3, 0.4) is 0 Å². The Morgan fingerprint density at radius 2 is 1.00 bits per heavy atom. The summed E-state index contributed by atoms with van der Waals surface area (Å²) in [6.07, 6.45) is 15.1. The maximum Gasteiger partial charge on any atom is 0.235 e. The lowest BCUT2D eigenvalue weighted by Crippen LogP contribution is -2.20. The zero-order valence-corrected chi connectivity index (χ0v) is 12.1. The smallest absolute Gasteiger partial charge is 0.211 e. The topological polar surface area (TPSA) is 58.9 Å². The second-order valence-corrected chi connectivity index (χ2v) is 6.37. The molecule has 0 aromatic rings. The summed E-state index contributed by atoms with van der Waals surface area (Å²) in [6, 6.07) is 0.473. The molecule has 2 aliphatic rings. The molecule has 4 heteroatoms. The van der Waals surface area contributed by atoms with E-state index >= 15 is 0 Å². The molecule has 0 atom stereocenters. The predicted molar refractivity (Wildman–Crippen MR) is 77.0 cm³/mol. The highest BCUT2D eigenvalue weighted by Gasteiger charge is 2.24. The van der Waals surface area contributed by atoms with Crippen molar-refractivity contribution in [1.29, 1.82) is 0 Å². The van der Waals surface area contributed by atoms with Crippen molar-refractivity contribution in [2.75, 3.05) is 0 Å². The summed E-state index contributed by atoms with van der Waals surface area (Å²) in [5, 5.41) is 0. The molecule has 0 aromatic heterocycles. The van der Waals surface area contributed by atoms with Crippen LogP contribution in [0.15, 0.2) is 9.98 Å². The molecule has 0 N–H and O–H groups in total. The third-order valence-electron chi connectivity index (χ3n) is 5.09. The highest BCUT2D eigenvalue weighted by Crippen LogP contribution is 2.34. The summed E-state index contributed by atoms with van der Waals surface area (Å²) in [6.45, 7) is 0. The molecule has 2 aliphatic carbocycles. The lowest BCUT2D eigenvalue weighted by Gasteiger charge is -2.29. The monoisotopic (exact) mass is 276 g/mol. The van der Waals surface area contributed by atoms with Crippen molar-refractivity contribution in [1.82, 2.24) is 0 Å². The number of rotatable bonds is 5. The molecule has 0 amide bonds. The van der Waals surface area contributed by atoms with Crippen LogP contribution >= 0.6 is 0 Å². The minimum absolute atomic E-state index is 0.236. The van der Waals surface area contributed by atoms with E-state index in [1.165, 1.54) is 38.5 Å². The van der Waals surface area contributed by atoms with Gasteiger partial charge in [0.15, 0.2) is 0 Å². The van der Waals surface area contributed by atoms with Crippen LogP contribution in [0.2, 0.25) is 0 Å². The molecule has 20 heavy (non-hydrogen) atoms. The summed E-state index contributed by atoms with van der Waals surface area (Å²) >= 11 is 0. The van der Waals surface area contributed by atoms with E-state index in [1.54, 1.807) is 12.2 Å². The molecule has 0 heterocycles. The fourth-order valence-corrected chi connectivity index (χ4v) is 3.75. The van der Waals surface area contributed by atoms with Gasteiger partial charge in [0.1, 0.15) is 0 Å². The summed E-state index contributed by atoms with van der Waals surface area (Å²) in [4.78, 5) is 28.2. The molecule has 2 fully saturated rings. The van der Waals surface area contributed by atoms with E-state index in [2.05, 4.69) is 9.98 Å². The average Bonchev–Trinajstić information content (AvgIpc) is 2.49. The van der Waals surface area contributed by atoms with Crippen LogP contribution < -0.4 is 0 Å². The van der Waals surface area contributed by atoms with Crippen LogP contribution in [0.1, 0.15) is 64.2 Å². The molecule has 0 bridgehead atoms. The Morgan fingerprint density at radius 1 is 0.650 bits per heavy atom. The standard InChI is InChI=1S/C16H24N2O2/c19-11-17-15-7-3-13(4-8-15)1-2-14-5-9-16(10-6-14)18-12-20/h13-16H,1-10H2. The fraction of sp³-hybridized carbons (Fsp3) is 0.875. The van der Waals surface area contributed by atoms with Crippen LogP contribution in [0.4, 0.5) is 0 Å². The molecule has 0 aromatic carbocycles. The van der Waals surface area contributed by atoms with E-state index in [4.69, 9.17) is 0 Å². The van der Waals surface area contributed by atoms with E-state index in [0.29, 0.717) is 0 Å². The van der Waals surface area contributed by atoms with Crippen molar-refractivity contribution in [3.8, 4) is 0 Å². The van der Waals surface area contributed by atoms with Crippen LogP contribution in [0, 0.1) is 11.8 Å². The second-order valence-electron chi connectivity index (χ2n) is 6.37. The first-order valence-corrected chi connectivity index (χ1v) is 7.95. The number of aliphatic imine (C=N–C) groups is 2. The van der Waals surface area contributed by atoms with E-state index in [-0.39, 0.29) is 12.1 Å². The maximum atomic E-state index is 10.2. The Labute approximate surface area is 120 Å². The molecule has 0 radical (unpaired) electrons. The lowest BCUT2D eigenvalue weighted by molar-refractivity contribution is 0.253. The molecular formula is C16H24N2O2. The van der Waals surface area contributed by atoms with Gasteiger partial charge in [-0.15, -0.1) is 0 Å². The van der Waals surface area contributed by atoms with E-state index < -0.39 is 0 Å². The van der Waals surface area contributed by atoms with Gasteiger partial charge in [0.2, 0.25) is 12.2 Å². The number of carbonyl (C=O) groups excluding carboxylic acids is 2. The van der Waals surface area contributed by atoms with Gasteiger partial charge in [-0.05, 0) is 63.2 Å². The van der Waals surface area contributed by atoms with Gasteiger partial charge in [-0.25, -0.2) is 19.6 Å². The highest BCUT2D eigenvalue weighted by molar-refractivity contribution is 5.33. The molecule has 4 nitrogen and oxygen atoms in total. The number of isocyanates is 2. The van der Waals surface area contributed by atoms with Gasteiger partial charge in [-0.1, -0.05) is 12.8 Å². The quantitative estimate of drug-likeness (QED) is 0.569. The largest absolute Gasteiger partial charge is 0.235 e. The highest BCUT2D eigenvalue weighted by atomic mass is 16.1. The third kappa shape index (κ3) is 4.70. The van der Waals surface area contributed by atoms with Crippen LogP contribution in [0.25, 0.3) is 0 Å².